The molecule has 0 aliphatic carbocycles. The number of methoxy groups -OCH3 is 1. The molecular weight excluding hydrogens is 498 g/mol. The molecule has 0 unspecified atom stereocenters. The van der Waals surface area contributed by atoms with Gasteiger partial charge in [-0.2, -0.15) is 4.31 Å². The molecule has 1 aliphatic rings. The van der Waals surface area contributed by atoms with Gasteiger partial charge in [0.1, 0.15) is 11.8 Å². The van der Waals surface area contributed by atoms with Crippen LogP contribution in [0.4, 0.5) is 0 Å². The highest BCUT2D eigenvalue weighted by Gasteiger charge is 2.28. The third-order valence-electron chi connectivity index (χ3n) is 5.98. The lowest BCUT2D eigenvalue weighted by molar-refractivity contribution is -0.142. The number of morpholine rings is 1. The maximum atomic E-state index is 13.2. The number of carbonyl (C=O) groups is 2. The van der Waals surface area contributed by atoms with Crippen molar-refractivity contribution in [3.05, 3.63) is 60.2 Å². The Bertz CT molecular complexity index is 1100. The lowest BCUT2D eigenvalue weighted by atomic mass is 10.1. The summed E-state index contributed by atoms with van der Waals surface area (Å²) in [5.41, 5.74) is 0.882. The van der Waals surface area contributed by atoms with Gasteiger partial charge >= 0.3 is 0 Å². The van der Waals surface area contributed by atoms with Crippen molar-refractivity contribution in [2.45, 2.75) is 30.8 Å². The van der Waals surface area contributed by atoms with Gasteiger partial charge in [-0.05, 0) is 43.2 Å². The van der Waals surface area contributed by atoms with Gasteiger partial charge in [-0.25, -0.2) is 8.42 Å². The van der Waals surface area contributed by atoms with E-state index in [1.165, 1.54) is 33.5 Å². The fourth-order valence-corrected chi connectivity index (χ4v) is 5.22. The van der Waals surface area contributed by atoms with E-state index in [1.807, 2.05) is 30.3 Å². The number of hydrogen-bond donors (Lipinski definition) is 1. The first-order valence-corrected chi connectivity index (χ1v) is 13.7. The summed E-state index contributed by atoms with van der Waals surface area (Å²) in [6, 6.07) is 14.6. The lowest BCUT2D eigenvalue weighted by Gasteiger charge is -2.29. The minimum atomic E-state index is -3.62. The average Bonchev–Trinajstić information content (AvgIpc) is 2.93. The molecule has 0 spiro atoms. The van der Waals surface area contributed by atoms with Gasteiger partial charge in [0.25, 0.3) is 5.91 Å². The molecule has 1 atom stereocenters. The largest absolute Gasteiger partial charge is 0.484 e. The Kier molecular flexibility index (Phi) is 10.9. The number of rotatable bonds is 13. The maximum Gasteiger partial charge on any atom is 0.261 e. The SMILES string of the molecule is COCCCNC(=O)[C@H](C)N(Cc1ccccc1)C(=O)COc1ccc(S(=O)(=O)N2CCOCC2)cc1. The molecule has 1 aliphatic heterocycles. The zero-order valence-corrected chi connectivity index (χ0v) is 22.1. The van der Waals surface area contributed by atoms with Crippen LogP contribution in [0, 0.1) is 0 Å². The van der Waals surface area contributed by atoms with E-state index in [9.17, 15) is 18.0 Å². The van der Waals surface area contributed by atoms with Crippen LogP contribution in [0.5, 0.6) is 5.75 Å². The summed E-state index contributed by atoms with van der Waals surface area (Å²) >= 11 is 0. The van der Waals surface area contributed by atoms with Gasteiger partial charge in [0.15, 0.2) is 6.61 Å². The highest BCUT2D eigenvalue weighted by atomic mass is 32.2. The normalized spacial score (nSPS) is 15.1. The molecule has 0 saturated carbocycles. The smallest absolute Gasteiger partial charge is 0.261 e. The third kappa shape index (κ3) is 8.26. The molecule has 1 heterocycles. The van der Waals surface area contributed by atoms with Crippen LogP contribution in [0.2, 0.25) is 0 Å². The number of nitrogens with zero attached hydrogens (tertiary/aromatic N) is 2. The summed E-state index contributed by atoms with van der Waals surface area (Å²) in [4.78, 5) is 27.5. The van der Waals surface area contributed by atoms with E-state index in [4.69, 9.17) is 14.2 Å². The second-order valence-corrected chi connectivity index (χ2v) is 10.5. The van der Waals surface area contributed by atoms with Crippen molar-refractivity contribution in [3.63, 3.8) is 0 Å². The molecule has 2 amide bonds. The standard InChI is InChI=1S/C26H35N3O7S/c1-21(26(31)27-13-6-16-34-2)29(19-22-7-4-3-5-8-22)25(30)20-36-23-9-11-24(12-10-23)37(32,33)28-14-17-35-18-15-28/h3-5,7-12,21H,6,13-20H2,1-2H3,(H,27,31)/t21-/m0/s1. The van der Waals surface area contributed by atoms with E-state index < -0.39 is 16.1 Å². The van der Waals surface area contributed by atoms with Crippen molar-refractivity contribution < 1.29 is 32.2 Å². The molecule has 2 aromatic rings. The van der Waals surface area contributed by atoms with Crippen LogP contribution >= 0.6 is 0 Å². The van der Waals surface area contributed by atoms with Crippen molar-refractivity contribution in [1.82, 2.24) is 14.5 Å². The van der Waals surface area contributed by atoms with Crippen LogP contribution in [0.25, 0.3) is 0 Å². The highest BCUT2D eigenvalue weighted by molar-refractivity contribution is 7.89. The first kappa shape index (κ1) is 28.6. The predicted molar refractivity (Wildman–Crippen MR) is 137 cm³/mol. The van der Waals surface area contributed by atoms with E-state index in [0.717, 1.165) is 5.56 Å². The molecule has 1 fully saturated rings. The number of sulfonamides is 1. The van der Waals surface area contributed by atoms with E-state index >= 15 is 0 Å². The van der Waals surface area contributed by atoms with Crippen LogP contribution < -0.4 is 10.1 Å². The summed E-state index contributed by atoms with van der Waals surface area (Å²) in [5, 5.41) is 2.84. The topological polar surface area (TPSA) is 114 Å². The third-order valence-corrected chi connectivity index (χ3v) is 7.89. The molecule has 11 heteroatoms. The zero-order chi connectivity index (χ0) is 26.7. The van der Waals surface area contributed by atoms with E-state index in [0.29, 0.717) is 51.6 Å². The first-order chi connectivity index (χ1) is 17.8. The number of ether oxygens (including phenoxy) is 3. The number of amides is 2. The van der Waals surface area contributed by atoms with Gasteiger partial charge in [-0.3, -0.25) is 9.59 Å². The Hall–Kier alpha value is -2.99. The van der Waals surface area contributed by atoms with E-state index in [-0.39, 0.29) is 29.9 Å². The molecule has 2 aromatic carbocycles. The molecule has 1 N–H and O–H groups in total. The van der Waals surface area contributed by atoms with Crippen LogP contribution in [0.15, 0.2) is 59.5 Å². The fourth-order valence-electron chi connectivity index (χ4n) is 3.81. The minimum absolute atomic E-state index is 0.151. The molecule has 202 valence electrons. The second-order valence-electron chi connectivity index (χ2n) is 8.60. The van der Waals surface area contributed by atoms with Crippen molar-refractivity contribution in [1.29, 1.82) is 0 Å². The molecule has 10 nitrogen and oxygen atoms in total. The van der Waals surface area contributed by atoms with Crippen molar-refractivity contribution in [2.75, 3.05) is 53.2 Å². The minimum Gasteiger partial charge on any atom is -0.484 e. The molecule has 3 rings (SSSR count). The Morgan fingerprint density at radius 1 is 1.08 bits per heavy atom. The Labute approximate surface area is 218 Å². The molecule has 0 bridgehead atoms. The Morgan fingerprint density at radius 3 is 2.41 bits per heavy atom. The molecular formula is C26H35N3O7S. The van der Waals surface area contributed by atoms with Gasteiger partial charge in [0.05, 0.1) is 18.1 Å². The summed E-state index contributed by atoms with van der Waals surface area (Å²) < 4.78 is 42.9. The molecule has 0 aromatic heterocycles. The lowest BCUT2D eigenvalue weighted by Crippen LogP contribution is -2.49. The predicted octanol–water partition coefficient (Wildman–Crippen LogP) is 1.66. The van der Waals surface area contributed by atoms with Gasteiger partial charge in [0.2, 0.25) is 15.9 Å². The Balaban J connectivity index is 1.64. The van der Waals surface area contributed by atoms with Crippen molar-refractivity contribution in [2.24, 2.45) is 0 Å². The zero-order valence-electron chi connectivity index (χ0n) is 21.3. The van der Waals surface area contributed by atoms with Crippen LogP contribution in [-0.4, -0.2) is 88.7 Å². The second kappa shape index (κ2) is 14.1. The summed E-state index contributed by atoms with van der Waals surface area (Å²) in [6.07, 6.45) is 0.669. The molecule has 37 heavy (non-hydrogen) atoms. The number of benzene rings is 2. The van der Waals surface area contributed by atoms with Crippen molar-refractivity contribution in [3.8, 4) is 5.75 Å². The van der Waals surface area contributed by atoms with Crippen LogP contribution in [0.1, 0.15) is 18.9 Å². The number of carbonyl (C=O) groups excluding carboxylic acids is 2. The summed E-state index contributed by atoms with van der Waals surface area (Å²) in [5.74, 6) is -0.280. The Morgan fingerprint density at radius 2 is 1.76 bits per heavy atom. The van der Waals surface area contributed by atoms with Gasteiger partial charge in [-0.15, -0.1) is 0 Å². The first-order valence-electron chi connectivity index (χ1n) is 12.2. The van der Waals surface area contributed by atoms with Crippen molar-refractivity contribution >= 4 is 21.8 Å². The van der Waals surface area contributed by atoms with Gasteiger partial charge in [0, 0.05) is 39.9 Å². The monoisotopic (exact) mass is 533 g/mol. The van der Waals surface area contributed by atoms with Crippen LogP contribution in [-0.2, 0) is 35.6 Å². The van der Waals surface area contributed by atoms with Crippen LogP contribution in [0.3, 0.4) is 0 Å². The summed E-state index contributed by atoms with van der Waals surface area (Å²) in [7, 11) is -2.02. The molecule has 1 saturated heterocycles. The van der Waals surface area contributed by atoms with E-state index in [2.05, 4.69) is 5.32 Å². The quantitative estimate of drug-likeness (QED) is 0.390. The number of nitrogens with one attached hydrogen (secondary N) is 1. The average molecular weight is 534 g/mol. The summed E-state index contributed by atoms with van der Waals surface area (Å²) in [6.45, 7) is 3.95. The number of hydrogen-bond acceptors (Lipinski definition) is 7. The van der Waals surface area contributed by atoms with E-state index in [1.54, 1.807) is 14.0 Å². The highest BCUT2D eigenvalue weighted by Crippen LogP contribution is 2.21. The fraction of sp³-hybridized carbons (Fsp3) is 0.462. The van der Waals surface area contributed by atoms with Gasteiger partial charge < -0.3 is 24.4 Å². The van der Waals surface area contributed by atoms with Gasteiger partial charge in [-0.1, -0.05) is 30.3 Å². The molecule has 0 radical (unpaired) electrons. The maximum absolute atomic E-state index is 13.2.